The molecular formula is C24H27N3O2. The average Bonchev–Trinajstić information content (AvgIpc) is 2.77. The van der Waals surface area contributed by atoms with Crippen molar-refractivity contribution in [3.05, 3.63) is 66.4 Å². The first kappa shape index (κ1) is 19.1. The number of aromatic nitrogens is 1. The van der Waals surface area contributed by atoms with Crippen LogP contribution in [0.3, 0.4) is 0 Å². The molecular weight excluding hydrogens is 362 g/mol. The van der Waals surface area contributed by atoms with Crippen molar-refractivity contribution in [3.63, 3.8) is 0 Å². The smallest absolute Gasteiger partial charge is 0.137 e. The van der Waals surface area contributed by atoms with Crippen molar-refractivity contribution in [1.29, 1.82) is 0 Å². The highest BCUT2D eigenvalue weighted by Crippen LogP contribution is 2.28. The van der Waals surface area contributed by atoms with Gasteiger partial charge in [0, 0.05) is 43.6 Å². The van der Waals surface area contributed by atoms with Crippen LogP contribution in [0.25, 0.3) is 11.3 Å². The molecule has 0 atom stereocenters. The van der Waals surface area contributed by atoms with Crippen LogP contribution in [0.2, 0.25) is 0 Å². The highest BCUT2D eigenvalue weighted by Gasteiger charge is 2.10. The molecule has 1 aliphatic heterocycles. The molecule has 0 radical (unpaired) electrons. The van der Waals surface area contributed by atoms with Gasteiger partial charge in [-0.1, -0.05) is 18.2 Å². The SMILES string of the molecule is CN(C)c1cccc(OCCOc2ccc(-c3ccc4c(c3)NCCC4)nc2)c1. The van der Waals surface area contributed by atoms with Crippen LogP contribution in [-0.4, -0.2) is 38.8 Å². The van der Waals surface area contributed by atoms with Gasteiger partial charge in [-0.3, -0.25) is 4.98 Å². The lowest BCUT2D eigenvalue weighted by atomic mass is 10.00. The first-order chi connectivity index (χ1) is 14.2. The van der Waals surface area contributed by atoms with Crippen molar-refractivity contribution in [2.24, 2.45) is 0 Å². The van der Waals surface area contributed by atoms with Gasteiger partial charge in [0.2, 0.25) is 0 Å². The Morgan fingerprint density at radius 2 is 1.83 bits per heavy atom. The van der Waals surface area contributed by atoms with Crippen molar-refractivity contribution >= 4 is 11.4 Å². The molecule has 1 aliphatic rings. The second-order valence-corrected chi connectivity index (χ2v) is 7.37. The molecule has 29 heavy (non-hydrogen) atoms. The molecule has 150 valence electrons. The largest absolute Gasteiger partial charge is 0.490 e. The van der Waals surface area contributed by atoms with Gasteiger partial charge in [-0.2, -0.15) is 0 Å². The summed E-state index contributed by atoms with van der Waals surface area (Å²) in [5, 5.41) is 3.47. The van der Waals surface area contributed by atoms with Crippen molar-refractivity contribution in [2.45, 2.75) is 12.8 Å². The van der Waals surface area contributed by atoms with Crippen molar-refractivity contribution in [1.82, 2.24) is 4.98 Å². The Bertz CT molecular complexity index is 955. The number of benzene rings is 2. The van der Waals surface area contributed by atoms with E-state index in [9.17, 15) is 0 Å². The Morgan fingerprint density at radius 1 is 0.966 bits per heavy atom. The molecule has 0 spiro atoms. The van der Waals surface area contributed by atoms with Gasteiger partial charge in [0.15, 0.2) is 0 Å². The zero-order chi connectivity index (χ0) is 20.1. The number of aryl methyl sites for hydroxylation is 1. The molecule has 3 aromatic rings. The highest BCUT2D eigenvalue weighted by atomic mass is 16.5. The van der Waals surface area contributed by atoms with Crippen molar-refractivity contribution in [2.75, 3.05) is 44.1 Å². The number of hydrogen-bond donors (Lipinski definition) is 1. The molecule has 0 amide bonds. The van der Waals surface area contributed by atoms with Gasteiger partial charge in [-0.05, 0) is 48.7 Å². The predicted octanol–water partition coefficient (Wildman–Crippen LogP) is 4.63. The van der Waals surface area contributed by atoms with E-state index in [0.717, 1.165) is 41.4 Å². The van der Waals surface area contributed by atoms with E-state index in [1.807, 2.05) is 44.4 Å². The number of hydrogen-bond acceptors (Lipinski definition) is 5. The van der Waals surface area contributed by atoms with Crippen LogP contribution >= 0.6 is 0 Å². The predicted molar refractivity (Wildman–Crippen MR) is 118 cm³/mol. The molecule has 2 heterocycles. The number of nitrogens with zero attached hydrogens (tertiary/aromatic N) is 2. The topological polar surface area (TPSA) is 46.6 Å². The zero-order valence-corrected chi connectivity index (χ0v) is 17.0. The van der Waals surface area contributed by atoms with Crippen LogP contribution in [0.4, 0.5) is 11.4 Å². The summed E-state index contributed by atoms with van der Waals surface area (Å²) in [5.74, 6) is 1.59. The third-order valence-corrected chi connectivity index (χ3v) is 5.04. The molecule has 1 N–H and O–H groups in total. The standard InChI is InChI=1S/C24H27N3O2/c1-27(2)20-6-3-7-21(16-20)28-13-14-29-22-10-11-23(26-17-22)19-9-8-18-5-4-12-25-24(18)15-19/h3,6-11,15-17,25H,4-5,12-14H2,1-2H3. The third-order valence-electron chi connectivity index (χ3n) is 5.04. The molecule has 2 aromatic carbocycles. The maximum atomic E-state index is 5.79. The van der Waals surface area contributed by atoms with Gasteiger partial charge >= 0.3 is 0 Å². The van der Waals surface area contributed by atoms with Crippen LogP contribution in [0.1, 0.15) is 12.0 Å². The van der Waals surface area contributed by atoms with E-state index in [2.05, 4.69) is 39.5 Å². The van der Waals surface area contributed by atoms with Gasteiger partial charge in [-0.15, -0.1) is 0 Å². The van der Waals surface area contributed by atoms with E-state index in [-0.39, 0.29) is 0 Å². The lowest BCUT2D eigenvalue weighted by molar-refractivity contribution is 0.216. The second kappa shape index (κ2) is 8.86. The number of ether oxygens (including phenoxy) is 2. The number of nitrogens with one attached hydrogen (secondary N) is 1. The Kier molecular flexibility index (Phi) is 5.84. The van der Waals surface area contributed by atoms with Crippen LogP contribution in [0.15, 0.2) is 60.8 Å². The number of pyridine rings is 1. The average molecular weight is 389 g/mol. The molecule has 0 saturated carbocycles. The molecule has 0 unspecified atom stereocenters. The third kappa shape index (κ3) is 4.80. The first-order valence-electron chi connectivity index (χ1n) is 10.1. The fourth-order valence-electron chi connectivity index (χ4n) is 3.43. The van der Waals surface area contributed by atoms with E-state index < -0.39 is 0 Å². The van der Waals surface area contributed by atoms with Crippen LogP contribution < -0.4 is 19.7 Å². The molecule has 5 nitrogen and oxygen atoms in total. The molecule has 0 bridgehead atoms. The van der Waals surface area contributed by atoms with Crippen molar-refractivity contribution in [3.8, 4) is 22.8 Å². The monoisotopic (exact) mass is 389 g/mol. The summed E-state index contributed by atoms with van der Waals surface area (Å²) in [4.78, 5) is 6.62. The summed E-state index contributed by atoms with van der Waals surface area (Å²) in [7, 11) is 4.03. The first-order valence-corrected chi connectivity index (χ1v) is 10.1. The van der Waals surface area contributed by atoms with Gasteiger partial charge in [0.1, 0.15) is 24.7 Å². The van der Waals surface area contributed by atoms with Crippen LogP contribution in [0.5, 0.6) is 11.5 Å². The highest BCUT2D eigenvalue weighted by molar-refractivity contribution is 5.68. The molecule has 1 aromatic heterocycles. The Labute approximate surface area is 172 Å². The number of rotatable bonds is 7. The van der Waals surface area contributed by atoms with Crippen LogP contribution in [0, 0.1) is 0 Å². The van der Waals surface area contributed by atoms with E-state index in [4.69, 9.17) is 9.47 Å². The summed E-state index contributed by atoms with van der Waals surface area (Å²) in [6.45, 7) is 1.99. The fourth-order valence-corrected chi connectivity index (χ4v) is 3.43. The van der Waals surface area contributed by atoms with Gasteiger partial charge in [-0.25, -0.2) is 0 Å². The Hall–Kier alpha value is -3.21. The molecule has 0 fully saturated rings. The second-order valence-electron chi connectivity index (χ2n) is 7.37. The van der Waals surface area contributed by atoms with E-state index in [1.165, 1.54) is 17.7 Å². The molecule has 4 rings (SSSR count). The van der Waals surface area contributed by atoms with Crippen molar-refractivity contribution < 1.29 is 9.47 Å². The minimum absolute atomic E-state index is 0.468. The zero-order valence-electron chi connectivity index (χ0n) is 17.0. The summed E-state index contributed by atoms with van der Waals surface area (Å²) in [6.07, 6.45) is 4.11. The van der Waals surface area contributed by atoms with Crippen LogP contribution in [-0.2, 0) is 6.42 Å². The summed E-state index contributed by atoms with van der Waals surface area (Å²) in [5.41, 5.74) is 5.79. The normalized spacial score (nSPS) is 12.6. The minimum atomic E-state index is 0.468. The van der Waals surface area contributed by atoms with Gasteiger partial charge in [0.05, 0.1) is 11.9 Å². The maximum absolute atomic E-state index is 5.79. The lowest BCUT2D eigenvalue weighted by Gasteiger charge is -2.18. The maximum Gasteiger partial charge on any atom is 0.137 e. The molecule has 5 heteroatoms. The lowest BCUT2D eigenvalue weighted by Crippen LogP contribution is -2.11. The van der Waals surface area contributed by atoms with E-state index in [1.54, 1.807) is 6.20 Å². The van der Waals surface area contributed by atoms with Gasteiger partial charge in [0.25, 0.3) is 0 Å². The Balaban J connectivity index is 1.30. The molecule has 0 saturated heterocycles. The quantitative estimate of drug-likeness (QED) is 0.597. The summed E-state index contributed by atoms with van der Waals surface area (Å²) < 4.78 is 11.6. The Morgan fingerprint density at radius 3 is 2.62 bits per heavy atom. The number of anilines is 2. The van der Waals surface area contributed by atoms with E-state index >= 15 is 0 Å². The minimum Gasteiger partial charge on any atom is -0.490 e. The summed E-state index contributed by atoms with van der Waals surface area (Å²) >= 11 is 0. The summed E-state index contributed by atoms with van der Waals surface area (Å²) in [6, 6.07) is 18.5. The molecule has 0 aliphatic carbocycles. The van der Waals surface area contributed by atoms with Gasteiger partial charge < -0.3 is 19.7 Å². The number of fused-ring (bicyclic) bond motifs is 1. The van der Waals surface area contributed by atoms with E-state index in [0.29, 0.717) is 13.2 Å². The fraction of sp³-hybridized carbons (Fsp3) is 0.292.